The van der Waals surface area contributed by atoms with Crippen LogP contribution in [0.25, 0.3) is 0 Å². The molecular formula is C4H6N4O. The van der Waals surface area contributed by atoms with Crippen LogP contribution in [-0.4, -0.2) is 21.2 Å². The number of hydrogen-bond acceptors (Lipinski definition) is 3. The van der Waals surface area contributed by atoms with Gasteiger partial charge in [0.1, 0.15) is 19.3 Å². The first-order valence-electron chi connectivity index (χ1n) is 2.43. The maximum atomic E-state index is 9.73. The smallest absolute Gasteiger partial charge is 0.208 e. The molecule has 5 heteroatoms. The minimum Gasteiger partial charge on any atom is -0.339 e. The summed E-state index contributed by atoms with van der Waals surface area (Å²) in [7, 11) is 0. The summed E-state index contributed by atoms with van der Waals surface area (Å²) in [6, 6.07) is 0. The van der Waals surface area contributed by atoms with Crippen molar-refractivity contribution in [3.05, 3.63) is 12.7 Å². The lowest BCUT2D eigenvalue weighted by Crippen LogP contribution is -2.16. The fraction of sp³-hybridized carbons (Fsp3) is 0.250. The molecule has 0 aliphatic rings. The fourth-order valence-corrected chi connectivity index (χ4v) is 0.445. The predicted molar refractivity (Wildman–Crippen MR) is 29.2 cm³/mol. The lowest BCUT2D eigenvalue weighted by molar-refractivity contribution is -0.110. The first kappa shape index (κ1) is 5.74. The summed E-state index contributed by atoms with van der Waals surface area (Å²) in [6.07, 6.45) is 3.55. The summed E-state index contributed by atoms with van der Waals surface area (Å²) in [5.74, 6) is 0. The van der Waals surface area contributed by atoms with Gasteiger partial charge in [-0.3, -0.25) is 4.79 Å². The van der Waals surface area contributed by atoms with Gasteiger partial charge in [-0.1, -0.05) is 0 Å². The molecule has 0 saturated carbocycles. The number of aromatic nitrogens is 3. The number of rotatable bonds is 3. The van der Waals surface area contributed by atoms with Crippen molar-refractivity contribution in [2.75, 3.05) is 0 Å². The Kier molecular flexibility index (Phi) is 1.79. The van der Waals surface area contributed by atoms with Gasteiger partial charge in [-0.15, -0.1) is 0 Å². The van der Waals surface area contributed by atoms with E-state index in [2.05, 4.69) is 15.4 Å². The first-order chi connectivity index (χ1) is 4.43. The summed E-state index contributed by atoms with van der Waals surface area (Å²) in [5.41, 5.74) is 0. The topological polar surface area (TPSA) is 59.8 Å². The zero-order valence-corrected chi connectivity index (χ0v) is 4.69. The molecule has 0 aliphatic carbocycles. The number of hydrogen-bond donors (Lipinski definition) is 1. The summed E-state index contributed by atoms with van der Waals surface area (Å²) in [4.78, 5) is 13.4. The first-order valence-corrected chi connectivity index (χ1v) is 2.43. The highest BCUT2D eigenvalue weighted by atomic mass is 16.1. The van der Waals surface area contributed by atoms with Crippen LogP contribution in [0.15, 0.2) is 12.7 Å². The molecule has 1 heterocycles. The quantitative estimate of drug-likeness (QED) is 0.527. The second kappa shape index (κ2) is 2.81. The number of amides is 1. The van der Waals surface area contributed by atoms with E-state index < -0.39 is 0 Å². The summed E-state index contributed by atoms with van der Waals surface area (Å²) >= 11 is 0. The number of nitrogens with one attached hydrogen (secondary N) is 1. The van der Waals surface area contributed by atoms with Crippen LogP contribution in [0.5, 0.6) is 0 Å². The average molecular weight is 126 g/mol. The van der Waals surface area contributed by atoms with Gasteiger partial charge in [0.25, 0.3) is 0 Å². The molecule has 0 unspecified atom stereocenters. The van der Waals surface area contributed by atoms with E-state index in [1.807, 2.05) is 0 Å². The van der Waals surface area contributed by atoms with Crippen molar-refractivity contribution < 1.29 is 4.79 Å². The molecule has 48 valence electrons. The summed E-state index contributed by atoms with van der Waals surface area (Å²) < 4.78 is 1.51. The Morgan fingerprint density at radius 3 is 3.22 bits per heavy atom. The molecule has 9 heavy (non-hydrogen) atoms. The standard InChI is InChI=1S/C4H6N4O/c9-4-6-3-8-2-5-1-7-8/h1-2,4H,3H2,(H,6,9). The second-order valence-corrected chi connectivity index (χ2v) is 1.42. The Hall–Kier alpha value is -1.39. The minimum absolute atomic E-state index is 0.378. The molecule has 0 atom stereocenters. The number of carbonyl (C=O) groups excluding carboxylic acids is 1. The zero-order valence-electron chi connectivity index (χ0n) is 4.69. The molecule has 0 fully saturated rings. The van der Waals surface area contributed by atoms with Crippen molar-refractivity contribution in [2.45, 2.75) is 6.67 Å². The Labute approximate surface area is 51.7 Å². The average Bonchev–Trinajstić information content (AvgIpc) is 2.34. The number of carbonyl (C=O) groups is 1. The van der Waals surface area contributed by atoms with E-state index in [0.29, 0.717) is 13.1 Å². The molecule has 1 rings (SSSR count). The van der Waals surface area contributed by atoms with Crippen LogP contribution in [0.4, 0.5) is 0 Å². The van der Waals surface area contributed by atoms with Crippen LogP contribution in [0, 0.1) is 0 Å². The molecule has 5 nitrogen and oxygen atoms in total. The molecule has 0 bridgehead atoms. The van der Waals surface area contributed by atoms with E-state index in [-0.39, 0.29) is 0 Å². The molecule has 1 aromatic heterocycles. The van der Waals surface area contributed by atoms with Crippen molar-refractivity contribution in [3.63, 3.8) is 0 Å². The van der Waals surface area contributed by atoms with E-state index in [0.717, 1.165) is 0 Å². The van der Waals surface area contributed by atoms with Gasteiger partial charge < -0.3 is 5.32 Å². The maximum absolute atomic E-state index is 9.73. The Morgan fingerprint density at radius 1 is 1.78 bits per heavy atom. The summed E-state index contributed by atoms with van der Waals surface area (Å²) in [5, 5.41) is 6.17. The molecule has 0 spiro atoms. The van der Waals surface area contributed by atoms with Crippen LogP contribution >= 0.6 is 0 Å². The predicted octanol–water partition coefficient (Wildman–Crippen LogP) is -1.02. The molecule has 1 amide bonds. The zero-order chi connectivity index (χ0) is 6.53. The van der Waals surface area contributed by atoms with Crippen molar-refractivity contribution in [1.29, 1.82) is 0 Å². The van der Waals surface area contributed by atoms with Crippen LogP contribution in [0.3, 0.4) is 0 Å². The normalized spacial score (nSPS) is 8.89. The van der Waals surface area contributed by atoms with Gasteiger partial charge in [0.05, 0.1) is 0 Å². The SMILES string of the molecule is O=CNCn1cncn1. The van der Waals surface area contributed by atoms with Crippen LogP contribution in [0.2, 0.25) is 0 Å². The number of nitrogens with zero attached hydrogens (tertiary/aromatic N) is 3. The molecule has 0 aromatic carbocycles. The van der Waals surface area contributed by atoms with Gasteiger partial charge in [0, 0.05) is 0 Å². The van der Waals surface area contributed by atoms with Crippen molar-refractivity contribution in [1.82, 2.24) is 20.1 Å². The van der Waals surface area contributed by atoms with Gasteiger partial charge in [-0.05, 0) is 0 Å². The minimum atomic E-state index is 0.378. The van der Waals surface area contributed by atoms with Gasteiger partial charge in [-0.2, -0.15) is 5.10 Å². The van der Waals surface area contributed by atoms with E-state index in [9.17, 15) is 4.79 Å². The fourth-order valence-electron chi connectivity index (χ4n) is 0.445. The van der Waals surface area contributed by atoms with Crippen molar-refractivity contribution in [2.24, 2.45) is 0 Å². The second-order valence-electron chi connectivity index (χ2n) is 1.42. The maximum Gasteiger partial charge on any atom is 0.208 e. The molecule has 0 aliphatic heterocycles. The highest BCUT2D eigenvalue weighted by Gasteiger charge is 1.84. The third kappa shape index (κ3) is 1.52. The van der Waals surface area contributed by atoms with Crippen LogP contribution in [0.1, 0.15) is 0 Å². The lowest BCUT2D eigenvalue weighted by atomic mass is 11.0. The monoisotopic (exact) mass is 126 g/mol. The molecule has 1 N–H and O–H groups in total. The van der Waals surface area contributed by atoms with E-state index in [1.165, 1.54) is 17.3 Å². The van der Waals surface area contributed by atoms with E-state index in [1.54, 1.807) is 0 Å². The Balaban J connectivity index is 2.38. The molecule has 0 saturated heterocycles. The molecule has 1 aromatic rings. The van der Waals surface area contributed by atoms with Gasteiger partial charge in [-0.25, -0.2) is 9.67 Å². The van der Waals surface area contributed by atoms with E-state index in [4.69, 9.17) is 0 Å². The van der Waals surface area contributed by atoms with Crippen molar-refractivity contribution in [3.8, 4) is 0 Å². The van der Waals surface area contributed by atoms with Crippen LogP contribution in [-0.2, 0) is 11.5 Å². The Bertz CT molecular complexity index is 171. The third-order valence-corrected chi connectivity index (χ3v) is 0.803. The lowest BCUT2D eigenvalue weighted by Gasteiger charge is -1.94. The van der Waals surface area contributed by atoms with Gasteiger partial charge in [0.2, 0.25) is 6.41 Å². The van der Waals surface area contributed by atoms with Crippen LogP contribution < -0.4 is 5.32 Å². The highest BCUT2D eigenvalue weighted by Crippen LogP contribution is 1.72. The van der Waals surface area contributed by atoms with Gasteiger partial charge in [0.15, 0.2) is 0 Å². The third-order valence-electron chi connectivity index (χ3n) is 0.803. The Morgan fingerprint density at radius 2 is 2.67 bits per heavy atom. The van der Waals surface area contributed by atoms with Gasteiger partial charge >= 0.3 is 0 Å². The van der Waals surface area contributed by atoms with Crippen molar-refractivity contribution >= 4 is 6.41 Å². The molecular weight excluding hydrogens is 120 g/mol. The molecule has 0 radical (unpaired) electrons. The van der Waals surface area contributed by atoms with E-state index >= 15 is 0 Å². The largest absolute Gasteiger partial charge is 0.339 e. The highest BCUT2D eigenvalue weighted by molar-refractivity contribution is 5.45. The summed E-state index contributed by atoms with van der Waals surface area (Å²) in [6.45, 7) is 0.378.